The number of pyridine rings is 1. The van der Waals surface area contributed by atoms with Gasteiger partial charge in [-0.2, -0.15) is 18.2 Å². The summed E-state index contributed by atoms with van der Waals surface area (Å²) >= 11 is 0. The Hall–Kier alpha value is -4.08. The lowest BCUT2D eigenvalue weighted by molar-refractivity contribution is -0.137. The van der Waals surface area contributed by atoms with Crippen molar-refractivity contribution in [3.8, 4) is 5.88 Å². The molecule has 0 spiro atoms. The molecule has 0 saturated heterocycles. The zero-order chi connectivity index (χ0) is 32.0. The maximum atomic E-state index is 13.9. The van der Waals surface area contributed by atoms with Gasteiger partial charge in [-0.3, -0.25) is 18.5 Å². The van der Waals surface area contributed by atoms with Gasteiger partial charge in [-0.05, 0) is 55.4 Å². The van der Waals surface area contributed by atoms with E-state index in [9.17, 15) is 35.9 Å². The molecule has 0 atom stereocenters. The van der Waals surface area contributed by atoms with E-state index in [1.807, 2.05) is 0 Å². The Morgan fingerprint density at radius 1 is 1.11 bits per heavy atom. The highest BCUT2D eigenvalue weighted by Gasteiger charge is 2.34. The number of methoxy groups -OCH3 is 1. The number of aromatic nitrogens is 3. The Morgan fingerprint density at radius 3 is 2.48 bits per heavy atom. The van der Waals surface area contributed by atoms with E-state index in [0.29, 0.717) is 31.2 Å². The lowest BCUT2D eigenvalue weighted by Crippen LogP contribution is -2.38. The van der Waals surface area contributed by atoms with Crippen LogP contribution in [-0.4, -0.2) is 65.8 Å². The summed E-state index contributed by atoms with van der Waals surface area (Å²) in [5.41, 5.74) is -1.07. The number of halogens is 6. The zero-order valence-electron chi connectivity index (χ0n) is 23.9. The molecule has 4 rings (SSSR count). The van der Waals surface area contributed by atoms with Crippen molar-refractivity contribution in [1.29, 1.82) is 0 Å². The molecule has 3 N–H and O–H groups in total. The minimum atomic E-state index is -4.74. The maximum absolute atomic E-state index is 13.9. The first-order valence-electron chi connectivity index (χ1n) is 13.8. The van der Waals surface area contributed by atoms with Crippen LogP contribution in [0.5, 0.6) is 5.88 Å². The highest BCUT2D eigenvalue weighted by Crippen LogP contribution is 2.37. The number of aryl methyl sites for hydroxylation is 1. The SMILES string of the molecule is COCC(=O)NCc1ccc(C(F)(F)F)c(Nc2nc3cc(C(=O)NC4CCC(CF)CC4)c(OCC(F)F)nc3n2C)c1. The molecule has 240 valence electrons. The van der Waals surface area contributed by atoms with Crippen LogP contribution in [0.15, 0.2) is 24.3 Å². The van der Waals surface area contributed by atoms with Gasteiger partial charge in [0, 0.05) is 26.7 Å². The normalized spacial score (nSPS) is 17.1. The summed E-state index contributed by atoms with van der Waals surface area (Å²) in [5.74, 6) is -1.68. The highest BCUT2D eigenvalue weighted by atomic mass is 19.4. The van der Waals surface area contributed by atoms with E-state index in [1.165, 1.54) is 36.9 Å². The quantitative estimate of drug-likeness (QED) is 0.244. The third-order valence-electron chi connectivity index (χ3n) is 7.20. The Labute approximate surface area is 248 Å². The number of fused-ring (bicyclic) bond motifs is 1. The summed E-state index contributed by atoms with van der Waals surface area (Å²) in [6.45, 7) is -1.78. The monoisotopic (exact) mass is 630 g/mol. The first-order chi connectivity index (χ1) is 20.9. The van der Waals surface area contributed by atoms with Gasteiger partial charge < -0.3 is 25.4 Å². The molecule has 16 heteroatoms. The number of ether oxygens (including phenoxy) is 2. The van der Waals surface area contributed by atoms with E-state index in [1.54, 1.807) is 0 Å². The number of hydrogen-bond donors (Lipinski definition) is 3. The number of amides is 2. The average molecular weight is 631 g/mol. The Bertz CT molecular complexity index is 1470. The number of carbonyl (C=O) groups excluding carboxylic acids is 2. The predicted octanol–water partition coefficient (Wildman–Crippen LogP) is 4.90. The summed E-state index contributed by atoms with van der Waals surface area (Å²) in [6, 6.07) is 4.29. The van der Waals surface area contributed by atoms with Crippen LogP contribution in [0.2, 0.25) is 0 Å². The number of alkyl halides is 6. The molecular weight excluding hydrogens is 598 g/mol. The minimum Gasteiger partial charge on any atom is -0.471 e. The van der Waals surface area contributed by atoms with Gasteiger partial charge in [0.05, 0.1) is 17.9 Å². The second-order valence-electron chi connectivity index (χ2n) is 10.4. The Balaban J connectivity index is 1.66. The summed E-state index contributed by atoms with van der Waals surface area (Å²) in [7, 11) is 2.77. The molecule has 0 radical (unpaired) electrons. The molecule has 3 aromatic rings. The number of nitrogens with zero attached hydrogens (tertiary/aromatic N) is 3. The van der Waals surface area contributed by atoms with Crippen LogP contribution in [0, 0.1) is 5.92 Å². The van der Waals surface area contributed by atoms with E-state index < -0.39 is 49.1 Å². The number of anilines is 2. The van der Waals surface area contributed by atoms with Crippen LogP contribution in [0.25, 0.3) is 11.2 Å². The standard InChI is InChI=1S/C28H32F6N6O4/c1-40-24-21(10-18(26(39-24)44-13-22(30)31)25(42)36-17-6-3-15(11-29)4-7-17)38-27(40)37-20-9-16(12-35-23(41)14-43-2)5-8-19(20)28(32,33)34/h5,8-10,15,17,22H,3-4,6-7,11-14H2,1-2H3,(H,35,41)(H,36,42)(H,37,38). The third kappa shape index (κ3) is 8.09. The predicted molar refractivity (Wildman–Crippen MR) is 148 cm³/mol. The number of hydrogen-bond acceptors (Lipinski definition) is 7. The molecule has 1 aliphatic carbocycles. The zero-order valence-corrected chi connectivity index (χ0v) is 23.9. The molecule has 10 nitrogen and oxygen atoms in total. The molecule has 2 heterocycles. The molecular formula is C28H32F6N6O4. The minimum absolute atomic E-state index is 0.0494. The van der Waals surface area contributed by atoms with Crippen LogP contribution >= 0.6 is 0 Å². The van der Waals surface area contributed by atoms with Gasteiger partial charge in [-0.15, -0.1) is 0 Å². The average Bonchev–Trinajstić information content (AvgIpc) is 3.28. The Kier molecular flexibility index (Phi) is 10.5. The van der Waals surface area contributed by atoms with Crippen LogP contribution in [0.4, 0.5) is 38.0 Å². The molecule has 2 aromatic heterocycles. The van der Waals surface area contributed by atoms with E-state index in [4.69, 9.17) is 9.47 Å². The van der Waals surface area contributed by atoms with E-state index in [-0.39, 0.29) is 53.5 Å². The summed E-state index contributed by atoms with van der Waals surface area (Å²) in [5, 5.41) is 7.99. The number of benzene rings is 1. The van der Waals surface area contributed by atoms with E-state index >= 15 is 0 Å². The molecule has 0 unspecified atom stereocenters. The molecule has 1 aliphatic rings. The largest absolute Gasteiger partial charge is 0.471 e. The lowest BCUT2D eigenvalue weighted by atomic mass is 9.87. The van der Waals surface area contributed by atoms with Crippen molar-refractivity contribution >= 4 is 34.6 Å². The van der Waals surface area contributed by atoms with Crippen molar-refractivity contribution in [1.82, 2.24) is 25.2 Å². The van der Waals surface area contributed by atoms with Crippen LogP contribution in [0.1, 0.15) is 47.2 Å². The number of nitrogens with one attached hydrogen (secondary N) is 3. The van der Waals surface area contributed by atoms with Gasteiger partial charge in [-0.25, -0.2) is 13.8 Å². The van der Waals surface area contributed by atoms with Gasteiger partial charge in [0.2, 0.25) is 17.7 Å². The van der Waals surface area contributed by atoms with E-state index in [2.05, 4.69) is 25.9 Å². The molecule has 44 heavy (non-hydrogen) atoms. The van der Waals surface area contributed by atoms with Gasteiger partial charge in [0.1, 0.15) is 17.7 Å². The highest BCUT2D eigenvalue weighted by molar-refractivity contribution is 5.99. The maximum Gasteiger partial charge on any atom is 0.418 e. The number of imidazole rings is 1. The molecule has 1 saturated carbocycles. The van der Waals surface area contributed by atoms with Crippen molar-refractivity contribution in [2.45, 2.75) is 50.9 Å². The molecule has 1 fully saturated rings. The lowest BCUT2D eigenvalue weighted by Gasteiger charge is -2.27. The molecule has 0 aliphatic heterocycles. The second-order valence-corrected chi connectivity index (χ2v) is 10.4. The second kappa shape index (κ2) is 14.1. The summed E-state index contributed by atoms with van der Waals surface area (Å²) < 4.78 is 91.8. The first kappa shape index (κ1) is 32.8. The fourth-order valence-electron chi connectivity index (χ4n) is 4.90. The van der Waals surface area contributed by atoms with Gasteiger partial charge in [0.15, 0.2) is 12.3 Å². The fourth-order valence-corrected chi connectivity index (χ4v) is 4.90. The Morgan fingerprint density at radius 2 is 1.84 bits per heavy atom. The number of rotatable bonds is 12. The molecule has 1 aromatic carbocycles. The smallest absolute Gasteiger partial charge is 0.418 e. The summed E-state index contributed by atoms with van der Waals surface area (Å²) in [6.07, 6.45) is -5.36. The van der Waals surface area contributed by atoms with E-state index in [0.717, 1.165) is 6.07 Å². The number of carbonyl (C=O) groups is 2. The van der Waals surface area contributed by atoms with Crippen LogP contribution in [0.3, 0.4) is 0 Å². The van der Waals surface area contributed by atoms with Crippen molar-refractivity contribution in [2.24, 2.45) is 13.0 Å². The van der Waals surface area contributed by atoms with Crippen molar-refractivity contribution in [2.75, 3.05) is 32.3 Å². The molecule has 0 bridgehead atoms. The molecule has 2 amide bonds. The van der Waals surface area contributed by atoms with Crippen LogP contribution < -0.4 is 20.7 Å². The topological polar surface area (TPSA) is 119 Å². The van der Waals surface area contributed by atoms with Gasteiger partial charge >= 0.3 is 6.18 Å². The first-order valence-corrected chi connectivity index (χ1v) is 13.8. The van der Waals surface area contributed by atoms with Gasteiger partial charge in [0.25, 0.3) is 12.3 Å². The van der Waals surface area contributed by atoms with Crippen molar-refractivity contribution < 1.29 is 45.4 Å². The van der Waals surface area contributed by atoms with Crippen molar-refractivity contribution in [3.63, 3.8) is 0 Å². The van der Waals surface area contributed by atoms with Crippen LogP contribution in [-0.2, 0) is 29.3 Å². The van der Waals surface area contributed by atoms with Gasteiger partial charge in [-0.1, -0.05) is 6.07 Å². The van der Waals surface area contributed by atoms with Crippen molar-refractivity contribution in [3.05, 3.63) is 41.0 Å². The fraction of sp³-hybridized carbons (Fsp3) is 0.500. The third-order valence-corrected chi connectivity index (χ3v) is 7.20. The summed E-state index contributed by atoms with van der Waals surface area (Å²) in [4.78, 5) is 33.5.